The van der Waals surface area contributed by atoms with Gasteiger partial charge in [-0.1, -0.05) is 18.2 Å². The zero-order chi connectivity index (χ0) is 19.7. The summed E-state index contributed by atoms with van der Waals surface area (Å²) in [5.74, 6) is -1.35. The third kappa shape index (κ3) is 2.99. The number of imidazole rings is 1. The molecule has 28 heavy (non-hydrogen) atoms. The Morgan fingerprint density at radius 1 is 1.07 bits per heavy atom. The Hall–Kier alpha value is -3.98. The van der Waals surface area contributed by atoms with Crippen LogP contribution >= 0.6 is 0 Å². The third-order valence-corrected chi connectivity index (χ3v) is 4.52. The molecule has 0 aliphatic carbocycles. The molecule has 6 heteroatoms. The normalized spacial score (nSPS) is 10.6. The number of esters is 1. The van der Waals surface area contributed by atoms with Crippen molar-refractivity contribution in [1.82, 2.24) is 9.38 Å². The summed E-state index contributed by atoms with van der Waals surface area (Å²) in [5, 5.41) is 8.96. The number of benzene rings is 2. The molecule has 0 amide bonds. The van der Waals surface area contributed by atoms with Crippen molar-refractivity contribution in [3.05, 3.63) is 83.9 Å². The standard InChI is InChI=1S/C22H14FN3O2/c1-28-22(27)18-8-6-16(10-19(18)23)17-7-9-21-25-12-20(26(21)13-17)15-4-2-14(11-24)3-5-15/h2-10,12-13H,1H3. The van der Waals surface area contributed by atoms with Crippen molar-refractivity contribution < 1.29 is 13.9 Å². The van der Waals surface area contributed by atoms with E-state index in [9.17, 15) is 9.18 Å². The number of halogens is 1. The zero-order valence-electron chi connectivity index (χ0n) is 14.9. The number of fused-ring (bicyclic) bond motifs is 1. The molecular formula is C22H14FN3O2. The summed E-state index contributed by atoms with van der Waals surface area (Å²) in [6.45, 7) is 0. The topological polar surface area (TPSA) is 67.4 Å². The molecule has 0 saturated carbocycles. The first kappa shape index (κ1) is 17.4. The van der Waals surface area contributed by atoms with Crippen LogP contribution in [-0.2, 0) is 4.74 Å². The largest absolute Gasteiger partial charge is 0.465 e. The number of aromatic nitrogens is 2. The molecule has 2 aromatic heterocycles. The fraction of sp³-hybridized carbons (Fsp3) is 0.0455. The molecule has 0 radical (unpaired) electrons. The number of hydrogen-bond donors (Lipinski definition) is 0. The summed E-state index contributed by atoms with van der Waals surface area (Å²) in [4.78, 5) is 16.0. The van der Waals surface area contributed by atoms with Crippen molar-refractivity contribution in [1.29, 1.82) is 5.26 Å². The summed E-state index contributed by atoms with van der Waals surface area (Å²) < 4.78 is 20.8. The zero-order valence-corrected chi connectivity index (χ0v) is 14.9. The van der Waals surface area contributed by atoms with Gasteiger partial charge in [0, 0.05) is 11.8 Å². The second kappa shape index (κ2) is 6.97. The lowest BCUT2D eigenvalue weighted by Gasteiger charge is -2.08. The van der Waals surface area contributed by atoms with Crippen LogP contribution in [0.5, 0.6) is 0 Å². The summed E-state index contributed by atoms with van der Waals surface area (Å²) in [7, 11) is 1.22. The molecule has 0 fully saturated rings. The van der Waals surface area contributed by atoms with Gasteiger partial charge in [-0.05, 0) is 47.5 Å². The van der Waals surface area contributed by atoms with Gasteiger partial charge in [0.2, 0.25) is 0 Å². The molecule has 0 bridgehead atoms. The van der Waals surface area contributed by atoms with Gasteiger partial charge in [-0.2, -0.15) is 5.26 Å². The van der Waals surface area contributed by atoms with E-state index < -0.39 is 11.8 Å². The number of carbonyl (C=O) groups excluding carboxylic acids is 1. The summed E-state index contributed by atoms with van der Waals surface area (Å²) in [6.07, 6.45) is 3.61. The van der Waals surface area contributed by atoms with Gasteiger partial charge in [-0.3, -0.25) is 4.40 Å². The van der Waals surface area contributed by atoms with E-state index in [0.29, 0.717) is 11.1 Å². The minimum atomic E-state index is -0.711. The highest BCUT2D eigenvalue weighted by atomic mass is 19.1. The van der Waals surface area contributed by atoms with Crippen LogP contribution in [0.2, 0.25) is 0 Å². The fourth-order valence-electron chi connectivity index (χ4n) is 3.05. The summed E-state index contributed by atoms with van der Waals surface area (Å²) >= 11 is 0. The van der Waals surface area contributed by atoms with E-state index in [1.54, 1.807) is 24.4 Å². The smallest absolute Gasteiger partial charge is 0.340 e. The van der Waals surface area contributed by atoms with E-state index in [1.807, 2.05) is 34.9 Å². The van der Waals surface area contributed by atoms with Crippen molar-refractivity contribution in [2.75, 3.05) is 7.11 Å². The van der Waals surface area contributed by atoms with E-state index in [2.05, 4.69) is 15.8 Å². The predicted octanol–water partition coefficient (Wildman–Crippen LogP) is 4.47. The summed E-state index contributed by atoms with van der Waals surface area (Å²) in [5.41, 5.74) is 4.40. The van der Waals surface area contributed by atoms with Gasteiger partial charge in [0.25, 0.3) is 0 Å². The van der Waals surface area contributed by atoms with Crippen LogP contribution in [-0.4, -0.2) is 22.5 Å². The SMILES string of the molecule is COC(=O)c1ccc(-c2ccc3ncc(-c4ccc(C#N)cc4)n3c2)cc1F. The number of hydrogen-bond acceptors (Lipinski definition) is 4. The Kier molecular flexibility index (Phi) is 4.34. The van der Waals surface area contributed by atoms with Crippen LogP contribution in [0.15, 0.2) is 67.0 Å². The molecule has 0 aliphatic heterocycles. The molecule has 4 rings (SSSR count). The Morgan fingerprint density at radius 3 is 2.46 bits per heavy atom. The minimum Gasteiger partial charge on any atom is -0.465 e. The Morgan fingerprint density at radius 2 is 1.79 bits per heavy atom. The third-order valence-electron chi connectivity index (χ3n) is 4.52. The number of carbonyl (C=O) groups is 1. The predicted molar refractivity (Wildman–Crippen MR) is 102 cm³/mol. The maximum absolute atomic E-state index is 14.3. The number of rotatable bonds is 3. The molecule has 0 atom stereocenters. The first-order valence-electron chi connectivity index (χ1n) is 8.46. The number of nitriles is 1. The molecule has 4 aromatic rings. The van der Waals surface area contributed by atoms with Gasteiger partial charge in [0.05, 0.1) is 36.2 Å². The van der Waals surface area contributed by atoms with Crippen LogP contribution in [0, 0.1) is 17.1 Å². The molecule has 2 aromatic carbocycles. The first-order valence-corrected chi connectivity index (χ1v) is 8.46. The minimum absolute atomic E-state index is 0.103. The molecule has 0 N–H and O–H groups in total. The number of ether oxygens (including phenoxy) is 1. The fourth-order valence-corrected chi connectivity index (χ4v) is 3.05. The van der Waals surface area contributed by atoms with Crippen LogP contribution < -0.4 is 0 Å². The number of methoxy groups -OCH3 is 1. The maximum Gasteiger partial charge on any atom is 0.340 e. The van der Waals surface area contributed by atoms with Gasteiger partial charge in [0.15, 0.2) is 0 Å². The Labute approximate surface area is 160 Å². The van der Waals surface area contributed by atoms with E-state index in [4.69, 9.17) is 5.26 Å². The van der Waals surface area contributed by atoms with Gasteiger partial charge >= 0.3 is 5.97 Å². The quantitative estimate of drug-likeness (QED) is 0.499. The highest BCUT2D eigenvalue weighted by Gasteiger charge is 2.14. The Bertz CT molecular complexity index is 1240. The maximum atomic E-state index is 14.3. The van der Waals surface area contributed by atoms with Crippen molar-refractivity contribution >= 4 is 11.6 Å². The summed E-state index contributed by atoms with van der Waals surface area (Å²) in [6, 6.07) is 17.4. The highest BCUT2D eigenvalue weighted by molar-refractivity contribution is 5.90. The second-order valence-electron chi connectivity index (χ2n) is 6.16. The van der Waals surface area contributed by atoms with Crippen LogP contribution in [0.4, 0.5) is 4.39 Å². The first-order chi connectivity index (χ1) is 13.6. The Balaban J connectivity index is 1.78. The van der Waals surface area contributed by atoms with E-state index in [0.717, 1.165) is 22.5 Å². The van der Waals surface area contributed by atoms with Crippen molar-refractivity contribution in [2.45, 2.75) is 0 Å². The van der Waals surface area contributed by atoms with E-state index >= 15 is 0 Å². The van der Waals surface area contributed by atoms with Gasteiger partial charge < -0.3 is 4.74 Å². The molecule has 0 saturated heterocycles. The molecule has 0 spiro atoms. The number of nitrogens with zero attached hydrogens (tertiary/aromatic N) is 3. The molecule has 136 valence electrons. The molecule has 5 nitrogen and oxygen atoms in total. The molecule has 0 aliphatic rings. The van der Waals surface area contributed by atoms with Gasteiger partial charge in [-0.15, -0.1) is 0 Å². The lowest BCUT2D eigenvalue weighted by Crippen LogP contribution is -2.04. The van der Waals surface area contributed by atoms with E-state index in [1.165, 1.54) is 19.2 Å². The van der Waals surface area contributed by atoms with Crippen LogP contribution in [0.25, 0.3) is 28.0 Å². The lowest BCUT2D eigenvalue weighted by atomic mass is 10.0. The van der Waals surface area contributed by atoms with Crippen molar-refractivity contribution in [3.63, 3.8) is 0 Å². The average Bonchev–Trinajstić information content (AvgIpc) is 3.16. The monoisotopic (exact) mass is 371 g/mol. The number of pyridine rings is 1. The van der Waals surface area contributed by atoms with Crippen molar-refractivity contribution in [2.24, 2.45) is 0 Å². The van der Waals surface area contributed by atoms with Crippen LogP contribution in [0.1, 0.15) is 15.9 Å². The van der Waals surface area contributed by atoms with Crippen molar-refractivity contribution in [3.8, 4) is 28.5 Å². The van der Waals surface area contributed by atoms with Gasteiger partial charge in [0.1, 0.15) is 11.5 Å². The highest BCUT2D eigenvalue weighted by Crippen LogP contribution is 2.26. The molecule has 2 heterocycles. The lowest BCUT2D eigenvalue weighted by molar-refractivity contribution is 0.0595. The van der Waals surface area contributed by atoms with Crippen LogP contribution in [0.3, 0.4) is 0 Å². The molecule has 0 unspecified atom stereocenters. The average molecular weight is 371 g/mol. The van der Waals surface area contributed by atoms with Gasteiger partial charge in [-0.25, -0.2) is 14.2 Å². The second-order valence-corrected chi connectivity index (χ2v) is 6.16. The van der Waals surface area contributed by atoms with E-state index in [-0.39, 0.29) is 5.56 Å². The molecular weight excluding hydrogens is 357 g/mol.